The van der Waals surface area contributed by atoms with E-state index in [4.69, 9.17) is 14.1 Å². The summed E-state index contributed by atoms with van der Waals surface area (Å²) in [6.45, 7) is 3.99. The van der Waals surface area contributed by atoms with Crippen molar-refractivity contribution in [3.05, 3.63) is 111 Å². The Kier molecular flexibility index (Phi) is 7.16. The van der Waals surface area contributed by atoms with Gasteiger partial charge in [0.1, 0.15) is 17.4 Å². The Hall–Kier alpha value is -5.72. The molecule has 6 heterocycles. The Morgan fingerprint density at radius 1 is 0.959 bits per heavy atom. The predicted molar refractivity (Wildman–Crippen MR) is 173 cm³/mol. The number of aromatic nitrogens is 4. The second kappa shape index (κ2) is 11.5. The number of ether oxygens (including phenoxy) is 1. The number of anilines is 1. The molecule has 13 heteroatoms. The fourth-order valence-corrected chi connectivity index (χ4v) is 7.05. The average molecular weight is 665 g/mol. The molecule has 0 bridgehead atoms. The monoisotopic (exact) mass is 664 g/mol. The highest BCUT2D eigenvalue weighted by atomic mass is 19.1. The van der Waals surface area contributed by atoms with E-state index in [9.17, 15) is 23.2 Å². The zero-order valence-electron chi connectivity index (χ0n) is 26.6. The molecule has 0 saturated carbocycles. The molecule has 3 aliphatic rings. The quantitative estimate of drug-likeness (QED) is 0.240. The van der Waals surface area contributed by atoms with Crippen LogP contribution in [0.5, 0.6) is 5.75 Å². The van der Waals surface area contributed by atoms with Gasteiger partial charge < -0.3 is 14.1 Å². The van der Waals surface area contributed by atoms with Gasteiger partial charge in [0.2, 0.25) is 0 Å². The molecule has 248 valence electrons. The van der Waals surface area contributed by atoms with Gasteiger partial charge >= 0.3 is 5.76 Å². The van der Waals surface area contributed by atoms with Crippen LogP contribution in [0.15, 0.2) is 70.0 Å². The summed E-state index contributed by atoms with van der Waals surface area (Å²) in [7, 11) is 0. The van der Waals surface area contributed by atoms with Gasteiger partial charge in [-0.2, -0.15) is 0 Å². The number of fused-ring (bicyclic) bond motifs is 4. The van der Waals surface area contributed by atoms with Gasteiger partial charge in [-0.3, -0.25) is 24.5 Å². The number of nitrogens with one attached hydrogen (secondary N) is 1. The molecule has 0 spiro atoms. The molecule has 49 heavy (non-hydrogen) atoms. The molecule has 2 amide bonds. The summed E-state index contributed by atoms with van der Waals surface area (Å²) >= 11 is 0. The van der Waals surface area contributed by atoms with Gasteiger partial charge in [-0.05, 0) is 87.1 Å². The molecule has 1 saturated heterocycles. The summed E-state index contributed by atoms with van der Waals surface area (Å²) < 4.78 is 39.1. The van der Waals surface area contributed by atoms with E-state index in [0.717, 1.165) is 24.6 Å². The topological polar surface area (TPSA) is 135 Å². The van der Waals surface area contributed by atoms with Crippen molar-refractivity contribution in [2.24, 2.45) is 0 Å². The second-order valence-electron chi connectivity index (χ2n) is 12.9. The first-order chi connectivity index (χ1) is 23.6. The molecular formula is C36H30F2N6O5. The smallest absolute Gasteiger partial charge is 0.434 e. The van der Waals surface area contributed by atoms with Crippen LogP contribution in [0.1, 0.15) is 65.7 Å². The maximum atomic E-state index is 14.1. The highest BCUT2D eigenvalue weighted by molar-refractivity contribution is 6.09. The van der Waals surface area contributed by atoms with E-state index in [1.165, 1.54) is 24.3 Å². The molecule has 1 fully saturated rings. The Balaban J connectivity index is 1.31. The lowest BCUT2D eigenvalue weighted by Crippen LogP contribution is -2.52. The summed E-state index contributed by atoms with van der Waals surface area (Å²) in [5, 5.41) is 6.51. The standard InChI is InChI=1S/C36H30F2N6O5/c1-36(2)34(46)44(18-23-12-11-22(38)17-39-23)25-14-8-20(16-27(25)49-36)28-29(32-41-42-35(47)48-32)24(13-7-19-5-9-21(37)10-6-19)40-31-26-4-3-15-43(26)33(45)30(28)31/h5-6,8-12,14,16-17,26H,3-4,7,13,15,18H2,1-2H3,(H,42,47)/t26-/m1/s1. The van der Waals surface area contributed by atoms with Gasteiger partial charge in [0.25, 0.3) is 17.7 Å². The average Bonchev–Trinajstić information content (AvgIpc) is 3.81. The third-order valence-electron chi connectivity index (χ3n) is 9.33. The largest absolute Gasteiger partial charge is 0.476 e. The molecule has 3 aliphatic heterocycles. The van der Waals surface area contributed by atoms with Crippen LogP contribution in [0.25, 0.3) is 22.6 Å². The lowest BCUT2D eigenvalue weighted by molar-refractivity contribution is -0.132. The summed E-state index contributed by atoms with van der Waals surface area (Å²) in [6.07, 6.45) is 3.58. The maximum Gasteiger partial charge on any atom is 0.434 e. The molecule has 1 atom stereocenters. The second-order valence-corrected chi connectivity index (χ2v) is 12.9. The first-order valence-corrected chi connectivity index (χ1v) is 16.0. The lowest BCUT2D eigenvalue weighted by Gasteiger charge is -2.39. The van der Waals surface area contributed by atoms with E-state index in [0.29, 0.717) is 70.2 Å². The first kappa shape index (κ1) is 30.6. The number of carbonyl (C=O) groups is 2. The molecule has 11 nitrogen and oxygen atoms in total. The number of nitrogens with zero attached hydrogens (tertiary/aromatic N) is 5. The highest BCUT2D eigenvalue weighted by Crippen LogP contribution is 2.49. The van der Waals surface area contributed by atoms with E-state index in [2.05, 4.69) is 15.2 Å². The molecule has 2 aromatic carbocycles. The number of pyridine rings is 2. The van der Waals surface area contributed by atoms with E-state index in [1.807, 2.05) is 4.90 Å². The van der Waals surface area contributed by atoms with E-state index in [-0.39, 0.29) is 36.1 Å². The molecule has 0 aliphatic carbocycles. The molecule has 0 unspecified atom stereocenters. The number of H-pyrrole nitrogens is 1. The highest BCUT2D eigenvalue weighted by Gasteiger charge is 2.45. The maximum absolute atomic E-state index is 14.1. The van der Waals surface area contributed by atoms with Gasteiger partial charge in [0.05, 0.1) is 52.7 Å². The SMILES string of the molecule is CC1(C)Oc2cc(-c3c4c(nc(CCc5ccc(F)cc5)c3-c3n[nH]c(=O)o3)[C@H]3CCCN3C4=O)ccc2N(Cc2ccc(F)cn2)C1=O. The first-order valence-electron chi connectivity index (χ1n) is 16.0. The van der Waals surface area contributed by atoms with Gasteiger partial charge in [0.15, 0.2) is 5.60 Å². The number of aromatic amines is 1. The number of benzene rings is 2. The molecule has 3 aromatic heterocycles. The number of halogens is 2. The van der Waals surface area contributed by atoms with Crippen LogP contribution in [-0.2, 0) is 24.2 Å². The third-order valence-corrected chi connectivity index (χ3v) is 9.33. The van der Waals surface area contributed by atoms with Gasteiger partial charge in [-0.1, -0.05) is 18.2 Å². The molecular weight excluding hydrogens is 634 g/mol. The summed E-state index contributed by atoms with van der Waals surface area (Å²) in [5.41, 5.74) is 3.62. The van der Waals surface area contributed by atoms with Crippen LogP contribution in [0.4, 0.5) is 14.5 Å². The van der Waals surface area contributed by atoms with Crippen LogP contribution >= 0.6 is 0 Å². The van der Waals surface area contributed by atoms with Crippen molar-refractivity contribution in [1.82, 2.24) is 25.1 Å². The Morgan fingerprint density at radius 2 is 1.76 bits per heavy atom. The van der Waals surface area contributed by atoms with Crippen LogP contribution in [0.3, 0.4) is 0 Å². The van der Waals surface area contributed by atoms with Crippen molar-refractivity contribution in [2.75, 3.05) is 11.4 Å². The van der Waals surface area contributed by atoms with Crippen LogP contribution < -0.4 is 15.4 Å². The van der Waals surface area contributed by atoms with E-state index < -0.39 is 17.2 Å². The summed E-state index contributed by atoms with van der Waals surface area (Å²) in [6, 6.07) is 14.1. The molecule has 8 rings (SSSR count). The zero-order chi connectivity index (χ0) is 34.0. The number of hydrogen-bond acceptors (Lipinski definition) is 8. The van der Waals surface area contributed by atoms with Gasteiger partial charge in [-0.15, -0.1) is 5.10 Å². The number of hydrogen-bond donors (Lipinski definition) is 1. The van der Waals surface area contributed by atoms with Crippen molar-refractivity contribution < 1.29 is 27.5 Å². The van der Waals surface area contributed by atoms with Crippen LogP contribution in [0, 0.1) is 11.6 Å². The van der Waals surface area contributed by atoms with Gasteiger partial charge in [0, 0.05) is 12.1 Å². The normalized spacial score (nSPS) is 17.6. The molecule has 0 radical (unpaired) electrons. The number of amides is 2. The molecule has 5 aromatic rings. The van der Waals surface area contributed by atoms with Crippen molar-refractivity contribution in [1.29, 1.82) is 0 Å². The Morgan fingerprint density at radius 3 is 2.49 bits per heavy atom. The van der Waals surface area contributed by atoms with Crippen LogP contribution in [-0.4, -0.2) is 49.0 Å². The van der Waals surface area contributed by atoms with Gasteiger partial charge in [-0.25, -0.2) is 18.7 Å². The van der Waals surface area contributed by atoms with Crippen LogP contribution in [0.2, 0.25) is 0 Å². The summed E-state index contributed by atoms with van der Waals surface area (Å²) in [4.78, 5) is 52.6. The fraction of sp³-hybridized carbons (Fsp3) is 0.278. The zero-order valence-corrected chi connectivity index (χ0v) is 26.6. The predicted octanol–water partition coefficient (Wildman–Crippen LogP) is 5.55. The third kappa shape index (κ3) is 5.25. The van der Waals surface area contributed by atoms with Crippen molar-refractivity contribution >= 4 is 17.5 Å². The minimum Gasteiger partial charge on any atom is -0.476 e. The number of rotatable bonds is 7. The minimum absolute atomic E-state index is 0.0255. The van der Waals surface area contributed by atoms with Crippen molar-refractivity contribution in [3.8, 4) is 28.3 Å². The number of aryl methyl sites for hydroxylation is 2. The number of carbonyl (C=O) groups excluding carboxylic acids is 2. The fourth-order valence-electron chi connectivity index (χ4n) is 7.05. The minimum atomic E-state index is -1.26. The Labute approximate surface area is 278 Å². The lowest BCUT2D eigenvalue weighted by atomic mass is 9.89. The van der Waals surface area contributed by atoms with Crippen molar-refractivity contribution in [2.45, 2.75) is 57.7 Å². The van der Waals surface area contributed by atoms with E-state index >= 15 is 0 Å². The Bertz CT molecular complexity index is 2200. The van der Waals surface area contributed by atoms with E-state index in [1.54, 1.807) is 49.1 Å². The molecule has 1 N–H and O–H groups in total. The van der Waals surface area contributed by atoms with Crippen molar-refractivity contribution in [3.63, 3.8) is 0 Å². The summed E-state index contributed by atoms with van der Waals surface area (Å²) in [5.74, 6) is -1.72.